The summed E-state index contributed by atoms with van der Waals surface area (Å²) in [7, 11) is 0. The third-order valence-corrected chi connectivity index (χ3v) is 6.16. The van der Waals surface area contributed by atoms with Crippen LogP contribution in [0.4, 0.5) is 5.69 Å². The molecule has 3 aromatic carbocycles. The number of rotatable bonds is 4. The van der Waals surface area contributed by atoms with Crippen molar-refractivity contribution in [1.82, 2.24) is 5.43 Å². The lowest BCUT2D eigenvalue weighted by Gasteiger charge is -2.46. The average molecular weight is 426 g/mol. The molecule has 0 saturated heterocycles. The molecule has 4 rings (SSSR count). The van der Waals surface area contributed by atoms with Gasteiger partial charge in [-0.25, -0.2) is 5.43 Å². The zero-order chi connectivity index (χ0) is 23.0. The van der Waals surface area contributed by atoms with Gasteiger partial charge in [-0.2, -0.15) is 5.10 Å². The summed E-state index contributed by atoms with van der Waals surface area (Å²) in [6.07, 6.45) is 4.06. The van der Waals surface area contributed by atoms with Crippen LogP contribution in [0.15, 0.2) is 65.8 Å². The summed E-state index contributed by atoms with van der Waals surface area (Å²) in [6.45, 7) is 13.2. The molecule has 0 radical (unpaired) electrons. The van der Waals surface area contributed by atoms with Gasteiger partial charge in [0.25, 0.3) is 5.91 Å². The summed E-state index contributed by atoms with van der Waals surface area (Å²) in [6, 6.07) is 18.5. The standard InChI is InChI=1S/C28H31N3O/c1-18(2)31-26-13-19(3)24(15-25(26)20(4)16-28(31,5)6)17-29-30-27(32)23-12-11-21-9-7-8-10-22(21)14-23/h7-18H,1-6H3,(H,30,32)/b29-17-. The van der Waals surface area contributed by atoms with Gasteiger partial charge in [-0.15, -0.1) is 0 Å². The molecule has 1 heterocycles. The second kappa shape index (κ2) is 8.27. The molecule has 4 heteroatoms. The van der Waals surface area contributed by atoms with Gasteiger partial charge in [-0.3, -0.25) is 4.79 Å². The van der Waals surface area contributed by atoms with E-state index in [4.69, 9.17) is 0 Å². The van der Waals surface area contributed by atoms with Crippen LogP contribution in [-0.2, 0) is 0 Å². The first-order chi connectivity index (χ1) is 15.2. The van der Waals surface area contributed by atoms with E-state index < -0.39 is 0 Å². The first-order valence-corrected chi connectivity index (χ1v) is 11.1. The van der Waals surface area contributed by atoms with Gasteiger partial charge in [-0.1, -0.05) is 36.4 Å². The summed E-state index contributed by atoms with van der Waals surface area (Å²) < 4.78 is 0. The number of carbonyl (C=O) groups is 1. The highest BCUT2D eigenvalue weighted by Crippen LogP contribution is 2.41. The van der Waals surface area contributed by atoms with Crippen LogP contribution in [0.3, 0.4) is 0 Å². The molecular formula is C28H31N3O. The van der Waals surface area contributed by atoms with E-state index in [1.165, 1.54) is 16.8 Å². The molecule has 1 aliphatic rings. The van der Waals surface area contributed by atoms with Gasteiger partial charge >= 0.3 is 0 Å². The van der Waals surface area contributed by atoms with Gasteiger partial charge in [0, 0.05) is 22.9 Å². The number of hydrogen-bond donors (Lipinski definition) is 1. The first-order valence-electron chi connectivity index (χ1n) is 11.1. The highest BCUT2D eigenvalue weighted by atomic mass is 16.2. The molecule has 0 spiro atoms. The van der Waals surface area contributed by atoms with Crippen molar-refractivity contribution in [2.75, 3.05) is 4.90 Å². The Hall–Kier alpha value is -3.40. The van der Waals surface area contributed by atoms with E-state index in [0.29, 0.717) is 11.6 Å². The summed E-state index contributed by atoms with van der Waals surface area (Å²) >= 11 is 0. The second-order valence-corrected chi connectivity index (χ2v) is 9.43. The summed E-state index contributed by atoms with van der Waals surface area (Å²) in [5, 5.41) is 6.40. The van der Waals surface area contributed by atoms with E-state index in [-0.39, 0.29) is 11.4 Å². The maximum absolute atomic E-state index is 12.6. The average Bonchev–Trinajstić information content (AvgIpc) is 2.73. The molecule has 3 aromatic rings. The molecule has 0 aromatic heterocycles. The zero-order valence-electron chi connectivity index (χ0n) is 19.7. The Kier molecular flexibility index (Phi) is 5.64. The highest BCUT2D eigenvalue weighted by Gasteiger charge is 2.33. The van der Waals surface area contributed by atoms with Crippen LogP contribution in [0, 0.1) is 6.92 Å². The Labute approximate surface area is 190 Å². The lowest BCUT2D eigenvalue weighted by molar-refractivity contribution is 0.0955. The quantitative estimate of drug-likeness (QED) is 0.392. The first kappa shape index (κ1) is 21.8. The minimum atomic E-state index is -0.216. The highest BCUT2D eigenvalue weighted by molar-refractivity contribution is 5.99. The van der Waals surface area contributed by atoms with Crippen molar-refractivity contribution in [3.8, 4) is 0 Å². The van der Waals surface area contributed by atoms with E-state index in [9.17, 15) is 4.79 Å². The lowest BCUT2D eigenvalue weighted by atomic mass is 9.86. The molecule has 4 nitrogen and oxygen atoms in total. The fraction of sp³-hybridized carbons (Fsp3) is 0.286. The van der Waals surface area contributed by atoms with Crippen LogP contribution in [0.5, 0.6) is 0 Å². The van der Waals surface area contributed by atoms with Gasteiger partial charge in [0.2, 0.25) is 0 Å². The molecule has 1 N–H and O–H groups in total. The predicted molar refractivity (Wildman–Crippen MR) is 136 cm³/mol. The SMILES string of the molecule is CC1=CC(C)(C)N(C(C)C)c2cc(C)c(/C=N\NC(=O)c3ccc4ccccc4c3)cc21. The Bertz CT molecular complexity index is 1250. The molecule has 0 bridgehead atoms. The van der Waals surface area contributed by atoms with Crippen LogP contribution in [-0.4, -0.2) is 23.7 Å². The third kappa shape index (κ3) is 4.05. The number of hydrogen-bond acceptors (Lipinski definition) is 3. The maximum Gasteiger partial charge on any atom is 0.271 e. The summed E-state index contributed by atoms with van der Waals surface area (Å²) in [5.74, 6) is -0.216. The molecule has 0 aliphatic carbocycles. The van der Waals surface area contributed by atoms with E-state index in [0.717, 1.165) is 21.9 Å². The molecule has 1 aliphatic heterocycles. The second-order valence-electron chi connectivity index (χ2n) is 9.43. The van der Waals surface area contributed by atoms with E-state index in [1.807, 2.05) is 42.5 Å². The van der Waals surface area contributed by atoms with E-state index in [2.05, 4.69) is 75.2 Å². The van der Waals surface area contributed by atoms with Crippen molar-refractivity contribution in [3.63, 3.8) is 0 Å². The number of benzene rings is 3. The van der Waals surface area contributed by atoms with E-state index >= 15 is 0 Å². The molecule has 0 unspecified atom stereocenters. The van der Waals surface area contributed by atoms with Gasteiger partial charge in [-0.05, 0) is 93.3 Å². The fourth-order valence-corrected chi connectivity index (χ4v) is 4.85. The van der Waals surface area contributed by atoms with Crippen LogP contribution in [0.2, 0.25) is 0 Å². The van der Waals surface area contributed by atoms with Crippen molar-refractivity contribution in [3.05, 3.63) is 82.9 Å². The van der Waals surface area contributed by atoms with E-state index in [1.54, 1.807) is 6.21 Å². The molecule has 164 valence electrons. The van der Waals surface area contributed by atoms with Crippen LogP contribution in [0.25, 0.3) is 16.3 Å². The Morgan fingerprint density at radius 2 is 1.75 bits per heavy atom. The van der Waals surface area contributed by atoms with Crippen LogP contribution in [0.1, 0.15) is 61.7 Å². The van der Waals surface area contributed by atoms with Gasteiger partial charge in [0.15, 0.2) is 0 Å². The topological polar surface area (TPSA) is 44.7 Å². The Balaban J connectivity index is 1.58. The Morgan fingerprint density at radius 1 is 1.03 bits per heavy atom. The predicted octanol–water partition coefficient (Wildman–Crippen LogP) is 6.32. The summed E-state index contributed by atoms with van der Waals surface area (Å²) in [5.41, 5.74) is 9.08. The molecule has 32 heavy (non-hydrogen) atoms. The lowest BCUT2D eigenvalue weighted by Crippen LogP contribution is -2.49. The van der Waals surface area contributed by atoms with Gasteiger partial charge in [0.05, 0.1) is 11.8 Å². The van der Waals surface area contributed by atoms with Crippen molar-refractivity contribution in [2.24, 2.45) is 5.10 Å². The number of nitrogens with one attached hydrogen (secondary N) is 1. The van der Waals surface area contributed by atoms with Crippen LogP contribution >= 0.6 is 0 Å². The molecule has 0 fully saturated rings. The number of fused-ring (bicyclic) bond motifs is 2. The smallest absolute Gasteiger partial charge is 0.271 e. The van der Waals surface area contributed by atoms with Crippen molar-refractivity contribution in [2.45, 2.75) is 53.1 Å². The molecular weight excluding hydrogens is 394 g/mol. The fourth-order valence-electron chi connectivity index (χ4n) is 4.85. The van der Waals surface area contributed by atoms with Crippen molar-refractivity contribution in [1.29, 1.82) is 0 Å². The summed E-state index contributed by atoms with van der Waals surface area (Å²) in [4.78, 5) is 15.1. The van der Waals surface area contributed by atoms with Crippen LogP contribution < -0.4 is 10.3 Å². The number of anilines is 1. The Morgan fingerprint density at radius 3 is 2.47 bits per heavy atom. The van der Waals surface area contributed by atoms with Gasteiger partial charge < -0.3 is 4.90 Å². The molecule has 1 amide bonds. The number of hydrazone groups is 1. The van der Waals surface area contributed by atoms with Crippen molar-refractivity contribution >= 4 is 34.2 Å². The number of amides is 1. The molecule has 0 saturated carbocycles. The zero-order valence-corrected chi connectivity index (χ0v) is 19.7. The normalized spacial score (nSPS) is 15.2. The van der Waals surface area contributed by atoms with Crippen molar-refractivity contribution < 1.29 is 4.79 Å². The number of carbonyl (C=O) groups excluding carboxylic acids is 1. The van der Waals surface area contributed by atoms with Gasteiger partial charge in [0.1, 0.15) is 0 Å². The number of aryl methyl sites for hydroxylation is 1. The minimum Gasteiger partial charge on any atom is -0.360 e. The minimum absolute atomic E-state index is 0.0405. The monoisotopic (exact) mass is 425 g/mol. The number of allylic oxidation sites excluding steroid dienone is 1. The number of nitrogens with zero attached hydrogens (tertiary/aromatic N) is 2. The largest absolute Gasteiger partial charge is 0.360 e. The molecule has 0 atom stereocenters. The maximum atomic E-state index is 12.6. The third-order valence-electron chi connectivity index (χ3n) is 6.16.